The van der Waals surface area contributed by atoms with Crippen molar-refractivity contribution in [3.05, 3.63) is 64.9 Å². The average Bonchev–Trinajstić information content (AvgIpc) is 3.39. The van der Waals surface area contributed by atoms with E-state index >= 15 is 0 Å². The van der Waals surface area contributed by atoms with Gasteiger partial charge in [-0.15, -0.1) is 0 Å². The number of aryl methyl sites for hydroxylation is 1. The summed E-state index contributed by atoms with van der Waals surface area (Å²) in [7, 11) is 0. The fourth-order valence-electron chi connectivity index (χ4n) is 5.30. The van der Waals surface area contributed by atoms with E-state index in [4.69, 9.17) is 0 Å². The number of aliphatic hydroxyl groups excluding tert-OH is 1. The van der Waals surface area contributed by atoms with Crippen molar-refractivity contribution in [2.24, 2.45) is 5.92 Å². The van der Waals surface area contributed by atoms with Crippen molar-refractivity contribution < 1.29 is 14.7 Å². The number of amides is 2. The van der Waals surface area contributed by atoms with Gasteiger partial charge in [0.25, 0.3) is 0 Å². The lowest BCUT2D eigenvalue weighted by atomic mass is 10.0. The first kappa shape index (κ1) is 24.6. The molecule has 0 spiro atoms. The standard InChI is InChI=1S/C27H26BrN7O3/c1-14(36)26-19-8-16(18-11-29-15(2)30-12-18)6-7-20(19)34(33-26)13-25(37)35-21-9-17(21)10-22(35)27(38)32-24-5-3-4-23(28)31-24/h3-8,11-12,14,17,21-22,36H,9-10,13H2,1-2H3,(H,31,32,38)/t14-,17?,21?,22?/m0/s1. The Hall–Kier alpha value is -3.70. The molecule has 6 rings (SSSR count). The summed E-state index contributed by atoms with van der Waals surface area (Å²) in [6.45, 7) is 3.45. The second kappa shape index (κ2) is 9.55. The first-order chi connectivity index (χ1) is 18.3. The second-order valence-electron chi connectivity index (χ2n) is 9.92. The number of benzene rings is 1. The minimum atomic E-state index is -0.825. The van der Waals surface area contributed by atoms with Crippen molar-refractivity contribution in [1.82, 2.24) is 29.6 Å². The van der Waals surface area contributed by atoms with Gasteiger partial charge in [0.1, 0.15) is 28.8 Å². The summed E-state index contributed by atoms with van der Waals surface area (Å²) in [6.07, 6.45) is 4.23. The predicted molar refractivity (Wildman–Crippen MR) is 144 cm³/mol. The number of nitrogens with zero attached hydrogens (tertiary/aromatic N) is 6. The van der Waals surface area contributed by atoms with Crippen LogP contribution in [0.25, 0.3) is 22.0 Å². The molecule has 2 fully saturated rings. The van der Waals surface area contributed by atoms with Crippen LogP contribution in [-0.4, -0.2) is 58.6 Å². The van der Waals surface area contributed by atoms with Crippen LogP contribution in [0.4, 0.5) is 5.82 Å². The summed E-state index contributed by atoms with van der Waals surface area (Å²) in [5, 5.41) is 18.7. The number of halogens is 1. The Morgan fingerprint density at radius 2 is 1.95 bits per heavy atom. The summed E-state index contributed by atoms with van der Waals surface area (Å²) in [4.78, 5) is 41.3. The summed E-state index contributed by atoms with van der Waals surface area (Å²) < 4.78 is 2.24. The second-order valence-corrected chi connectivity index (χ2v) is 10.7. The van der Waals surface area contributed by atoms with E-state index in [1.165, 1.54) is 0 Å². The van der Waals surface area contributed by atoms with E-state index in [0.29, 0.717) is 34.3 Å². The topological polar surface area (TPSA) is 126 Å². The van der Waals surface area contributed by atoms with Crippen LogP contribution in [-0.2, 0) is 16.1 Å². The van der Waals surface area contributed by atoms with Gasteiger partial charge in [0.15, 0.2) is 0 Å². The number of pyridine rings is 1. The summed E-state index contributed by atoms with van der Waals surface area (Å²) in [5.41, 5.74) is 2.97. The van der Waals surface area contributed by atoms with E-state index in [-0.39, 0.29) is 24.4 Å². The quantitative estimate of drug-likeness (QED) is 0.336. The molecule has 2 N–H and O–H groups in total. The molecule has 11 heteroatoms. The van der Waals surface area contributed by atoms with Crippen LogP contribution in [0.5, 0.6) is 0 Å². The number of aliphatic hydroxyl groups is 1. The number of rotatable bonds is 6. The largest absolute Gasteiger partial charge is 0.387 e. The number of nitrogens with one attached hydrogen (secondary N) is 1. The molecule has 4 heterocycles. The molecule has 1 saturated heterocycles. The molecule has 1 aliphatic heterocycles. The van der Waals surface area contributed by atoms with Crippen LogP contribution in [0, 0.1) is 12.8 Å². The van der Waals surface area contributed by atoms with E-state index in [0.717, 1.165) is 28.5 Å². The van der Waals surface area contributed by atoms with Crippen molar-refractivity contribution in [1.29, 1.82) is 0 Å². The third-order valence-corrected chi connectivity index (χ3v) is 7.68. The molecule has 2 amide bonds. The number of anilines is 1. The molecule has 194 valence electrons. The predicted octanol–water partition coefficient (Wildman–Crippen LogP) is 3.64. The lowest BCUT2D eigenvalue weighted by Crippen LogP contribution is -2.46. The van der Waals surface area contributed by atoms with Crippen LogP contribution in [0.3, 0.4) is 0 Å². The van der Waals surface area contributed by atoms with Crippen molar-refractivity contribution in [3.63, 3.8) is 0 Å². The zero-order valence-corrected chi connectivity index (χ0v) is 22.5. The Balaban J connectivity index is 1.26. The number of aromatic nitrogens is 5. The van der Waals surface area contributed by atoms with Gasteiger partial charge in [-0.25, -0.2) is 15.0 Å². The molecular formula is C27H26BrN7O3. The minimum absolute atomic E-state index is 0.0294. The molecule has 1 aliphatic carbocycles. The molecule has 0 radical (unpaired) electrons. The molecule has 38 heavy (non-hydrogen) atoms. The maximum Gasteiger partial charge on any atom is 0.248 e. The van der Waals surface area contributed by atoms with Crippen molar-refractivity contribution in [2.75, 3.05) is 5.32 Å². The van der Waals surface area contributed by atoms with E-state index in [1.807, 2.05) is 25.1 Å². The van der Waals surface area contributed by atoms with Gasteiger partial charge < -0.3 is 15.3 Å². The Labute approximate surface area is 227 Å². The molecule has 2 aliphatic rings. The smallest absolute Gasteiger partial charge is 0.248 e. The normalized spacial score (nSPS) is 20.8. The highest BCUT2D eigenvalue weighted by molar-refractivity contribution is 9.10. The lowest BCUT2D eigenvalue weighted by Gasteiger charge is -2.26. The molecule has 4 aromatic rings. The third kappa shape index (κ3) is 4.56. The van der Waals surface area contributed by atoms with Gasteiger partial charge >= 0.3 is 0 Å². The van der Waals surface area contributed by atoms with Crippen LogP contribution >= 0.6 is 15.9 Å². The molecule has 3 aromatic heterocycles. The van der Waals surface area contributed by atoms with Gasteiger partial charge in [-0.1, -0.05) is 12.1 Å². The van der Waals surface area contributed by atoms with Gasteiger partial charge in [-0.05, 0) is 78.4 Å². The van der Waals surface area contributed by atoms with Crippen molar-refractivity contribution in [3.8, 4) is 11.1 Å². The summed E-state index contributed by atoms with van der Waals surface area (Å²) in [6, 6.07) is 10.6. The number of hydrogen-bond donors (Lipinski definition) is 2. The Bertz CT molecular complexity index is 1550. The average molecular weight is 576 g/mol. The molecular weight excluding hydrogens is 550 g/mol. The van der Waals surface area contributed by atoms with Crippen LogP contribution in [0.1, 0.15) is 37.4 Å². The Morgan fingerprint density at radius 3 is 2.68 bits per heavy atom. The first-order valence-electron chi connectivity index (χ1n) is 12.5. The zero-order valence-electron chi connectivity index (χ0n) is 20.9. The maximum absolute atomic E-state index is 13.6. The number of likely N-dealkylation sites (tertiary alicyclic amines) is 1. The van der Waals surface area contributed by atoms with E-state index in [2.05, 4.69) is 41.3 Å². The third-order valence-electron chi connectivity index (χ3n) is 7.24. The SMILES string of the molecule is Cc1ncc(-c2ccc3c(c2)c([C@H](C)O)nn3CC(=O)N2C(C(=O)Nc3cccc(Br)n3)CC3CC32)cn1. The van der Waals surface area contributed by atoms with Gasteiger partial charge in [0.2, 0.25) is 11.8 Å². The van der Waals surface area contributed by atoms with Crippen LogP contribution in [0.2, 0.25) is 0 Å². The fourth-order valence-corrected chi connectivity index (χ4v) is 5.64. The van der Waals surface area contributed by atoms with E-state index < -0.39 is 12.1 Å². The molecule has 1 saturated carbocycles. The number of carbonyl (C=O) groups excluding carboxylic acids is 2. The molecule has 10 nitrogen and oxygen atoms in total. The summed E-state index contributed by atoms with van der Waals surface area (Å²) in [5.74, 6) is 1.05. The monoisotopic (exact) mass is 575 g/mol. The molecule has 3 unspecified atom stereocenters. The number of piperidine rings is 1. The Morgan fingerprint density at radius 1 is 1.16 bits per heavy atom. The zero-order chi connectivity index (χ0) is 26.6. The molecule has 0 bridgehead atoms. The van der Waals surface area contributed by atoms with Gasteiger partial charge in [-0.2, -0.15) is 5.10 Å². The van der Waals surface area contributed by atoms with Crippen LogP contribution in [0.15, 0.2) is 53.4 Å². The number of fused-ring (bicyclic) bond motifs is 2. The molecule has 1 aromatic carbocycles. The highest BCUT2D eigenvalue weighted by atomic mass is 79.9. The first-order valence-corrected chi connectivity index (χ1v) is 13.3. The van der Waals surface area contributed by atoms with Crippen molar-refractivity contribution >= 4 is 44.5 Å². The number of carbonyl (C=O) groups is 2. The van der Waals surface area contributed by atoms with E-state index in [1.54, 1.807) is 47.1 Å². The highest BCUT2D eigenvalue weighted by Crippen LogP contribution is 2.48. The summed E-state index contributed by atoms with van der Waals surface area (Å²) >= 11 is 3.32. The van der Waals surface area contributed by atoms with Crippen molar-refractivity contribution in [2.45, 2.75) is 51.4 Å². The maximum atomic E-state index is 13.6. The fraction of sp³-hybridized carbons (Fsp3) is 0.333. The minimum Gasteiger partial charge on any atom is -0.387 e. The van der Waals surface area contributed by atoms with Gasteiger partial charge in [-0.3, -0.25) is 14.3 Å². The van der Waals surface area contributed by atoms with Gasteiger partial charge in [0.05, 0.1) is 17.3 Å². The Kier molecular flexibility index (Phi) is 6.19. The highest BCUT2D eigenvalue weighted by Gasteiger charge is 2.56. The van der Waals surface area contributed by atoms with Gasteiger partial charge in [0, 0.05) is 29.4 Å². The number of hydrogen-bond acceptors (Lipinski definition) is 7. The van der Waals surface area contributed by atoms with E-state index in [9.17, 15) is 14.7 Å². The van der Waals surface area contributed by atoms with Crippen LogP contribution < -0.4 is 5.32 Å². The lowest BCUT2D eigenvalue weighted by molar-refractivity contribution is -0.138. The molecule has 4 atom stereocenters.